The number of imidazole rings is 1. The van der Waals surface area contributed by atoms with Gasteiger partial charge in [-0.2, -0.15) is 0 Å². The molecule has 0 aliphatic carbocycles. The minimum absolute atomic E-state index is 0.138. The monoisotopic (exact) mass is 274 g/mol. The summed E-state index contributed by atoms with van der Waals surface area (Å²) in [5.74, 6) is 1.82. The Balaban J connectivity index is 2.03. The van der Waals surface area contributed by atoms with Crippen LogP contribution in [0.2, 0.25) is 0 Å². The van der Waals surface area contributed by atoms with Crippen LogP contribution in [-0.2, 0) is 0 Å². The van der Waals surface area contributed by atoms with E-state index in [1.165, 1.54) is 0 Å². The molecule has 108 valence electrons. The molecule has 0 unspecified atom stereocenters. The molecule has 0 saturated carbocycles. The van der Waals surface area contributed by atoms with Crippen molar-refractivity contribution in [3.05, 3.63) is 18.6 Å². The predicted molar refractivity (Wildman–Crippen MR) is 81.5 cm³/mol. The summed E-state index contributed by atoms with van der Waals surface area (Å²) in [5, 5.41) is 3.12. The smallest absolute Gasteiger partial charge is 0.180 e. The number of nitrogens with one attached hydrogen (secondary N) is 1. The van der Waals surface area contributed by atoms with Crippen LogP contribution < -0.4 is 10.2 Å². The van der Waals surface area contributed by atoms with E-state index in [2.05, 4.69) is 41.0 Å². The maximum absolute atomic E-state index is 4.72. The molecule has 1 fully saturated rings. The molecule has 1 aliphatic rings. The summed E-state index contributed by atoms with van der Waals surface area (Å²) in [6.07, 6.45) is 5.75. The van der Waals surface area contributed by atoms with E-state index in [9.17, 15) is 0 Å². The van der Waals surface area contributed by atoms with Crippen molar-refractivity contribution >= 4 is 17.3 Å². The van der Waals surface area contributed by atoms with Gasteiger partial charge in [-0.25, -0.2) is 9.97 Å². The van der Waals surface area contributed by atoms with Crippen LogP contribution in [0.25, 0.3) is 5.65 Å². The highest BCUT2D eigenvalue weighted by atomic mass is 15.3. The molecule has 0 aromatic carbocycles. The summed E-state index contributed by atoms with van der Waals surface area (Å²) >= 11 is 0. The van der Waals surface area contributed by atoms with Crippen LogP contribution in [0, 0.1) is 0 Å². The van der Waals surface area contributed by atoms with Crippen LogP contribution >= 0.6 is 0 Å². The number of piperazine rings is 1. The Labute approximate surface area is 119 Å². The van der Waals surface area contributed by atoms with Gasteiger partial charge in [0.2, 0.25) is 0 Å². The molecule has 20 heavy (non-hydrogen) atoms. The molecule has 3 heterocycles. The van der Waals surface area contributed by atoms with Crippen molar-refractivity contribution in [1.82, 2.24) is 19.3 Å². The topological polar surface area (TPSA) is 48.7 Å². The zero-order valence-corrected chi connectivity index (χ0v) is 12.6. The first-order valence-electron chi connectivity index (χ1n) is 6.99. The number of fused-ring (bicyclic) bond motifs is 1. The minimum Gasteiger partial charge on any atom is -0.372 e. The lowest BCUT2D eigenvalue weighted by atomic mass is 10.00. The van der Waals surface area contributed by atoms with Gasteiger partial charge in [-0.3, -0.25) is 4.90 Å². The van der Waals surface area contributed by atoms with E-state index in [-0.39, 0.29) is 5.54 Å². The van der Waals surface area contributed by atoms with Gasteiger partial charge in [-0.05, 0) is 20.9 Å². The molecule has 0 amide bonds. The van der Waals surface area contributed by atoms with E-state index in [1.807, 2.05) is 30.0 Å². The molecule has 0 bridgehead atoms. The van der Waals surface area contributed by atoms with E-state index in [0.29, 0.717) is 0 Å². The summed E-state index contributed by atoms with van der Waals surface area (Å²) in [7, 11) is 4.07. The Kier molecular flexibility index (Phi) is 3.05. The van der Waals surface area contributed by atoms with E-state index in [4.69, 9.17) is 4.98 Å². The predicted octanol–water partition coefficient (Wildman–Crippen LogP) is 1.30. The van der Waals surface area contributed by atoms with E-state index in [0.717, 1.165) is 36.9 Å². The lowest BCUT2D eigenvalue weighted by Gasteiger charge is -2.45. The zero-order valence-electron chi connectivity index (χ0n) is 12.6. The number of hydrogen-bond donors (Lipinski definition) is 1. The first-order valence-corrected chi connectivity index (χ1v) is 6.99. The molecule has 1 saturated heterocycles. The molecule has 3 rings (SSSR count). The van der Waals surface area contributed by atoms with Gasteiger partial charge in [0, 0.05) is 44.6 Å². The number of anilines is 2. The molecule has 1 N–H and O–H groups in total. The summed E-state index contributed by atoms with van der Waals surface area (Å²) < 4.78 is 2.03. The van der Waals surface area contributed by atoms with Gasteiger partial charge in [-0.15, -0.1) is 0 Å². The summed E-state index contributed by atoms with van der Waals surface area (Å²) in [4.78, 5) is 13.9. The Morgan fingerprint density at radius 1 is 1.30 bits per heavy atom. The van der Waals surface area contributed by atoms with Gasteiger partial charge in [0.05, 0.1) is 6.20 Å². The highest BCUT2D eigenvalue weighted by molar-refractivity contribution is 5.67. The van der Waals surface area contributed by atoms with Crippen molar-refractivity contribution in [2.24, 2.45) is 0 Å². The van der Waals surface area contributed by atoms with Crippen molar-refractivity contribution < 1.29 is 0 Å². The second-order valence-electron chi connectivity index (χ2n) is 6.01. The van der Waals surface area contributed by atoms with Crippen LogP contribution in [0.15, 0.2) is 18.6 Å². The summed E-state index contributed by atoms with van der Waals surface area (Å²) in [5.41, 5.74) is 1.06. The SMILES string of the molecule is CNc1cn2ccnc2c(N2CCN(C)C(C)(C)C2)n1. The molecule has 2 aromatic rings. The lowest BCUT2D eigenvalue weighted by molar-refractivity contribution is 0.138. The number of likely N-dealkylation sites (N-methyl/N-ethyl adjacent to an activating group) is 1. The molecular formula is C14H22N6. The number of hydrogen-bond acceptors (Lipinski definition) is 5. The van der Waals surface area contributed by atoms with Crippen molar-refractivity contribution in [2.45, 2.75) is 19.4 Å². The first-order chi connectivity index (χ1) is 9.51. The van der Waals surface area contributed by atoms with Crippen molar-refractivity contribution in [3.63, 3.8) is 0 Å². The van der Waals surface area contributed by atoms with Gasteiger partial charge in [0.15, 0.2) is 11.5 Å². The summed E-state index contributed by atoms with van der Waals surface area (Å²) in [6.45, 7) is 7.49. The Morgan fingerprint density at radius 2 is 2.10 bits per heavy atom. The quantitative estimate of drug-likeness (QED) is 0.894. The fourth-order valence-corrected chi connectivity index (χ4v) is 2.67. The minimum atomic E-state index is 0.138. The maximum Gasteiger partial charge on any atom is 0.180 e. The lowest BCUT2D eigenvalue weighted by Crippen LogP contribution is -2.58. The third-order valence-electron chi connectivity index (χ3n) is 4.23. The number of nitrogens with zero attached hydrogens (tertiary/aromatic N) is 5. The maximum atomic E-state index is 4.72. The molecule has 6 nitrogen and oxygen atoms in total. The van der Waals surface area contributed by atoms with E-state index >= 15 is 0 Å². The van der Waals surface area contributed by atoms with Gasteiger partial charge in [0.1, 0.15) is 5.82 Å². The normalized spacial score (nSPS) is 19.5. The fraction of sp³-hybridized carbons (Fsp3) is 0.571. The van der Waals surface area contributed by atoms with Gasteiger partial charge >= 0.3 is 0 Å². The Hall–Kier alpha value is -1.82. The summed E-state index contributed by atoms with van der Waals surface area (Å²) in [6, 6.07) is 0. The second kappa shape index (κ2) is 4.63. The van der Waals surface area contributed by atoms with Gasteiger partial charge in [0.25, 0.3) is 0 Å². The van der Waals surface area contributed by atoms with Crippen LogP contribution in [0.5, 0.6) is 0 Å². The van der Waals surface area contributed by atoms with Crippen LogP contribution in [0.4, 0.5) is 11.6 Å². The van der Waals surface area contributed by atoms with Gasteiger partial charge in [-0.1, -0.05) is 0 Å². The Bertz CT molecular complexity index is 617. The average Bonchev–Trinajstić information content (AvgIpc) is 2.88. The molecule has 0 atom stereocenters. The molecule has 2 aromatic heterocycles. The highest BCUT2D eigenvalue weighted by Gasteiger charge is 2.32. The van der Waals surface area contributed by atoms with Crippen LogP contribution in [0.1, 0.15) is 13.8 Å². The largest absolute Gasteiger partial charge is 0.372 e. The first kappa shape index (κ1) is 13.2. The van der Waals surface area contributed by atoms with Gasteiger partial charge < -0.3 is 14.6 Å². The van der Waals surface area contributed by atoms with Crippen molar-refractivity contribution in [1.29, 1.82) is 0 Å². The van der Waals surface area contributed by atoms with E-state index in [1.54, 1.807) is 0 Å². The van der Waals surface area contributed by atoms with Crippen LogP contribution in [-0.4, -0.2) is 58.5 Å². The second-order valence-corrected chi connectivity index (χ2v) is 6.01. The van der Waals surface area contributed by atoms with Crippen molar-refractivity contribution in [2.75, 3.05) is 43.9 Å². The molecule has 1 aliphatic heterocycles. The van der Waals surface area contributed by atoms with Crippen molar-refractivity contribution in [3.8, 4) is 0 Å². The average molecular weight is 274 g/mol. The fourth-order valence-electron chi connectivity index (χ4n) is 2.67. The van der Waals surface area contributed by atoms with E-state index < -0.39 is 0 Å². The third-order valence-corrected chi connectivity index (χ3v) is 4.23. The highest BCUT2D eigenvalue weighted by Crippen LogP contribution is 2.26. The Morgan fingerprint density at radius 3 is 2.80 bits per heavy atom. The van der Waals surface area contributed by atoms with Crippen LogP contribution in [0.3, 0.4) is 0 Å². The third kappa shape index (κ3) is 2.10. The number of rotatable bonds is 2. The molecule has 6 heteroatoms. The standard InChI is InChI=1S/C14H22N6/c1-14(2)10-20(8-7-18(14)4)13-12-16-5-6-19(12)9-11(15-3)17-13/h5-6,9,15H,7-8,10H2,1-4H3. The zero-order chi connectivity index (χ0) is 14.3. The molecule has 0 spiro atoms. The number of aromatic nitrogens is 3. The molecule has 0 radical (unpaired) electrons. The molecular weight excluding hydrogens is 252 g/mol.